The van der Waals surface area contributed by atoms with E-state index in [-0.39, 0.29) is 25.0 Å². The average Bonchev–Trinajstić information content (AvgIpc) is 3.26. The first-order chi connectivity index (χ1) is 18.2. The van der Waals surface area contributed by atoms with Crippen LogP contribution in [0.4, 0.5) is 0 Å². The third-order valence-electron chi connectivity index (χ3n) is 6.11. The second-order valence-corrected chi connectivity index (χ2v) is 11.0. The summed E-state index contributed by atoms with van der Waals surface area (Å²) in [6, 6.07) is 20.1. The largest absolute Gasteiger partial charge is 0.494 e. The summed E-state index contributed by atoms with van der Waals surface area (Å²) in [5.41, 5.74) is 0.866. The molecule has 0 aromatic heterocycles. The van der Waals surface area contributed by atoms with Crippen molar-refractivity contribution in [2.45, 2.75) is 44.4 Å². The zero-order valence-corrected chi connectivity index (χ0v) is 24.2. The van der Waals surface area contributed by atoms with E-state index in [0.717, 1.165) is 10.0 Å². The Balaban J connectivity index is 1.82. The van der Waals surface area contributed by atoms with Gasteiger partial charge in [-0.1, -0.05) is 63.4 Å². The molecule has 1 amide bonds. The fraction of sp³-hybridized carbons (Fsp3) is 0.310. The van der Waals surface area contributed by atoms with Gasteiger partial charge >= 0.3 is 0 Å². The minimum Gasteiger partial charge on any atom is -0.494 e. The third-order valence-corrected chi connectivity index (χ3v) is 7.45. The van der Waals surface area contributed by atoms with Gasteiger partial charge < -0.3 is 19.9 Å². The van der Waals surface area contributed by atoms with Crippen molar-refractivity contribution >= 4 is 50.9 Å². The maximum Gasteiger partial charge on any atom is 0.252 e. The van der Waals surface area contributed by atoms with Crippen LogP contribution in [0.25, 0.3) is 0 Å². The van der Waals surface area contributed by atoms with E-state index < -0.39 is 11.6 Å². The molecule has 0 unspecified atom stereocenters. The van der Waals surface area contributed by atoms with Gasteiger partial charge in [-0.05, 0) is 61.9 Å². The number of aliphatic hydroxyl groups excluding tert-OH is 1. The lowest BCUT2D eigenvalue weighted by atomic mass is 9.81. The summed E-state index contributed by atoms with van der Waals surface area (Å²) < 4.78 is 13.0. The molecular formula is C29H29BrCl2N2O4. The van der Waals surface area contributed by atoms with Crippen LogP contribution in [0, 0.1) is 0 Å². The molecule has 0 fully saturated rings. The summed E-state index contributed by atoms with van der Waals surface area (Å²) in [5, 5.41) is 12.9. The second kappa shape index (κ2) is 12.5. The molecule has 3 aromatic carbocycles. The number of nitrogens with zero attached hydrogens (tertiary/aromatic N) is 1. The lowest BCUT2D eigenvalue weighted by molar-refractivity contribution is -0.129. The van der Waals surface area contributed by atoms with Crippen molar-refractivity contribution in [2.24, 2.45) is 4.99 Å². The number of aliphatic imine (C=N–C) groups is 1. The molecule has 0 spiro atoms. The standard InChI is InChI=1S/C29H29BrCl2N2O4/c1-18(2)33-28(36)29(17-20-6-3-4-7-24(20)30)26(23-13-10-21(31)16-25(23)32)38-27(34-29)19-8-11-22(12-9-19)37-15-5-14-35/h3-4,6-13,16,18,26,35H,5,14-15,17H2,1-2H3,(H,33,36)/t26-,29-/m1/s1. The Bertz CT molecular complexity index is 1320. The van der Waals surface area contributed by atoms with E-state index in [1.54, 1.807) is 18.2 Å². The fourth-order valence-corrected chi connectivity index (χ4v) is 5.23. The highest BCUT2D eigenvalue weighted by atomic mass is 79.9. The van der Waals surface area contributed by atoms with Gasteiger partial charge in [0, 0.05) is 51.1 Å². The summed E-state index contributed by atoms with van der Waals surface area (Å²) in [5.74, 6) is 0.724. The maximum absolute atomic E-state index is 14.0. The number of hydrogen-bond donors (Lipinski definition) is 2. The van der Waals surface area contributed by atoms with Crippen molar-refractivity contribution in [1.29, 1.82) is 0 Å². The van der Waals surface area contributed by atoms with Crippen molar-refractivity contribution in [1.82, 2.24) is 5.32 Å². The monoisotopic (exact) mass is 618 g/mol. The lowest BCUT2D eigenvalue weighted by Crippen LogP contribution is -2.51. The molecule has 0 bridgehead atoms. The number of nitrogens with one attached hydrogen (secondary N) is 1. The SMILES string of the molecule is CC(C)NC(=O)[C@]1(Cc2ccccc2Br)N=C(c2ccc(OCCCO)cc2)O[C@@H]1c1ccc(Cl)cc1Cl. The maximum atomic E-state index is 14.0. The first kappa shape index (κ1) is 28.4. The second-order valence-electron chi connectivity index (χ2n) is 9.35. The minimum absolute atomic E-state index is 0.0649. The molecular weight excluding hydrogens is 591 g/mol. The molecule has 6 nitrogen and oxygen atoms in total. The predicted molar refractivity (Wildman–Crippen MR) is 154 cm³/mol. The fourth-order valence-electron chi connectivity index (χ4n) is 4.29. The zero-order valence-electron chi connectivity index (χ0n) is 21.1. The summed E-state index contributed by atoms with van der Waals surface area (Å²) in [4.78, 5) is 19.0. The van der Waals surface area contributed by atoms with E-state index in [1.807, 2.05) is 62.4 Å². The van der Waals surface area contributed by atoms with E-state index >= 15 is 0 Å². The Hall–Kier alpha value is -2.58. The number of carbonyl (C=O) groups excluding carboxylic acids is 1. The van der Waals surface area contributed by atoms with Gasteiger partial charge in [-0.15, -0.1) is 0 Å². The van der Waals surface area contributed by atoms with Crippen LogP contribution >= 0.6 is 39.1 Å². The predicted octanol–water partition coefficient (Wildman–Crippen LogP) is 6.54. The van der Waals surface area contributed by atoms with Gasteiger partial charge in [-0.2, -0.15) is 0 Å². The topological polar surface area (TPSA) is 80.2 Å². The summed E-state index contributed by atoms with van der Waals surface area (Å²) >= 11 is 16.5. The van der Waals surface area contributed by atoms with E-state index in [2.05, 4.69) is 21.2 Å². The molecule has 2 atom stereocenters. The number of rotatable bonds is 10. The smallest absolute Gasteiger partial charge is 0.252 e. The highest BCUT2D eigenvalue weighted by molar-refractivity contribution is 9.10. The van der Waals surface area contributed by atoms with Crippen molar-refractivity contribution in [3.05, 3.63) is 97.9 Å². The van der Waals surface area contributed by atoms with Gasteiger partial charge in [0.2, 0.25) is 5.90 Å². The third kappa shape index (κ3) is 6.34. The van der Waals surface area contributed by atoms with Crippen LogP contribution < -0.4 is 10.1 Å². The lowest BCUT2D eigenvalue weighted by Gasteiger charge is -2.32. The molecule has 0 radical (unpaired) electrons. The molecule has 1 heterocycles. The first-order valence-corrected chi connectivity index (χ1v) is 13.9. The Labute approximate surface area is 241 Å². The molecule has 1 aliphatic rings. The van der Waals surface area contributed by atoms with Crippen LogP contribution in [0.1, 0.15) is 43.1 Å². The number of amides is 1. The molecule has 2 N–H and O–H groups in total. The summed E-state index contributed by atoms with van der Waals surface area (Å²) in [6.45, 7) is 4.29. The average molecular weight is 620 g/mol. The van der Waals surface area contributed by atoms with Crippen LogP contribution in [-0.4, -0.2) is 41.7 Å². The number of aliphatic hydroxyl groups is 1. The molecule has 0 aliphatic carbocycles. The van der Waals surface area contributed by atoms with E-state index in [4.69, 9.17) is 42.8 Å². The molecule has 0 saturated heterocycles. The normalized spacial score (nSPS) is 18.7. The van der Waals surface area contributed by atoms with Gasteiger partial charge in [0.05, 0.1) is 6.61 Å². The number of halogens is 3. The van der Waals surface area contributed by atoms with Crippen LogP contribution in [-0.2, 0) is 16.0 Å². The van der Waals surface area contributed by atoms with Gasteiger partial charge in [-0.3, -0.25) is 4.79 Å². The number of benzene rings is 3. The Morgan fingerprint density at radius 2 is 1.89 bits per heavy atom. The Morgan fingerprint density at radius 1 is 1.16 bits per heavy atom. The van der Waals surface area contributed by atoms with Gasteiger partial charge in [0.15, 0.2) is 11.6 Å². The van der Waals surface area contributed by atoms with Crippen LogP contribution in [0.2, 0.25) is 10.0 Å². The van der Waals surface area contributed by atoms with E-state index in [1.165, 1.54) is 0 Å². The Kier molecular flexibility index (Phi) is 9.36. The molecule has 3 aromatic rings. The summed E-state index contributed by atoms with van der Waals surface area (Å²) in [6.07, 6.45) is 0.000113. The molecule has 200 valence electrons. The highest BCUT2D eigenvalue weighted by Crippen LogP contribution is 2.45. The number of hydrogen-bond acceptors (Lipinski definition) is 5. The van der Waals surface area contributed by atoms with Crippen LogP contribution in [0.15, 0.2) is 76.2 Å². The molecule has 0 saturated carbocycles. The van der Waals surface area contributed by atoms with Crippen LogP contribution in [0.5, 0.6) is 5.75 Å². The quantitative estimate of drug-likeness (QED) is 0.253. The highest BCUT2D eigenvalue weighted by Gasteiger charge is 2.54. The molecule has 9 heteroatoms. The van der Waals surface area contributed by atoms with Crippen molar-refractivity contribution in [3.63, 3.8) is 0 Å². The van der Waals surface area contributed by atoms with E-state index in [9.17, 15) is 4.79 Å². The molecule has 4 rings (SSSR count). The Morgan fingerprint density at radius 3 is 2.55 bits per heavy atom. The zero-order chi connectivity index (χ0) is 27.3. The number of ether oxygens (including phenoxy) is 2. The molecule has 1 aliphatic heterocycles. The van der Waals surface area contributed by atoms with Gasteiger partial charge in [-0.25, -0.2) is 4.99 Å². The minimum atomic E-state index is -1.35. The molecule has 38 heavy (non-hydrogen) atoms. The van der Waals surface area contributed by atoms with Crippen molar-refractivity contribution < 1.29 is 19.4 Å². The van der Waals surface area contributed by atoms with Crippen LogP contribution in [0.3, 0.4) is 0 Å². The first-order valence-electron chi connectivity index (χ1n) is 12.3. The van der Waals surface area contributed by atoms with Gasteiger partial charge in [0.25, 0.3) is 5.91 Å². The van der Waals surface area contributed by atoms with Crippen molar-refractivity contribution in [3.8, 4) is 5.75 Å². The van der Waals surface area contributed by atoms with Gasteiger partial charge in [0.1, 0.15) is 5.75 Å². The summed E-state index contributed by atoms with van der Waals surface area (Å²) in [7, 11) is 0. The van der Waals surface area contributed by atoms with E-state index in [0.29, 0.717) is 45.8 Å². The number of carbonyl (C=O) groups is 1. The van der Waals surface area contributed by atoms with Crippen molar-refractivity contribution in [2.75, 3.05) is 13.2 Å².